The average Bonchev–Trinajstić information content (AvgIpc) is 3.31. The molecule has 0 unspecified atom stereocenters. The molecule has 0 bridgehead atoms. The normalized spacial score (nSPS) is 10.6. The van der Waals surface area contributed by atoms with Crippen molar-refractivity contribution in [2.75, 3.05) is 12.4 Å². The van der Waals surface area contributed by atoms with Crippen LogP contribution in [0.15, 0.2) is 67.0 Å². The number of aromatic nitrogens is 4. The third kappa shape index (κ3) is 5.07. The van der Waals surface area contributed by atoms with Crippen molar-refractivity contribution < 1.29 is 13.9 Å². The van der Waals surface area contributed by atoms with Crippen LogP contribution in [0.2, 0.25) is 0 Å². The van der Waals surface area contributed by atoms with E-state index in [2.05, 4.69) is 30.8 Å². The van der Waals surface area contributed by atoms with Crippen molar-refractivity contribution in [1.29, 1.82) is 0 Å². The highest BCUT2D eigenvalue weighted by atomic mass is 19.1. The smallest absolute Gasteiger partial charge is 0.251 e. The standard InChI is InChI=1S/C23H21FN6O2/c1-32-19-6-5-17(20(24)12-19)13-27-23(31)16-3-2-4-18(11-16)26-14-21-28-22(30-29-21)15-7-9-25-10-8-15/h2-12,26H,13-14H2,1H3,(H,27,31)(H,28,29,30). The van der Waals surface area contributed by atoms with Gasteiger partial charge in [-0.3, -0.25) is 14.9 Å². The first-order valence-corrected chi connectivity index (χ1v) is 9.88. The second kappa shape index (κ2) is 9.69. The fourth-order valence-corrected chi connectivity index (χ4v) is 3.04. The lowest BCUT2D eigenvalue weighted by molar-refractivity contribution is 0.0950. The molecule has 2 heterocycles. The van der Waals surface area contributed by atoms with Gasteiger partial charge in [0.1, 0.15) is 11.6 Å². The summed E-state index contributed by atoms with van der Waals surface area (Å²) in [5.74, 6) is 0.930. The number of pyridine rings is 1. The second-order valence-electron chi connectivity index (χ2n) is 6.91. The molecule has 0 saturated heterocycles. The summed E-state index contributed by atoms with van der Waals surface area (Å²) in [5.41, 5.74) is 2.47. The van der Waals surface area contributed by atoms with Crippen molar-refractivity contribution in [2.24, 2.45) is 0 Å². The number of nitrogens with zero attached hydrogens (tertiary/aromatic N) is 3. The Morgan fingerprint density at radius 2 is 1.94 bits per heavy atom. The number of benzene rings is 2. The van der Waals surface area contributed by atoms with Gasteiger partial charge in [-0.2, -0.15) is 5.10 Å². The lowest BCUT2D eigenvalue weighted by Crippen LogP contribution is -2.23. The van der Waals surface area contributed by atoms with Crippen molar-refractivity contribution >= 4 is 11.6 Å². The van der Waals surface area contributed by atoms with E-state index < -0.39 is 5.82 Å². The van der Waals surface area contributed by atoms with Crippen LogP contribution in [0.1, 0.15) is 21.7 Å². The highest BCUT2D eigenvalue weighted by Gasteiger charge is 2.10. The van der Waals surface area contributed by atoms with Gasteiger partial charge >= 0.3 is 0 Å². The molecule has 0 aliphatic rings. The summed E-state index contributed by atoms with van der Waals surface area (Å²) in [4.78, 5) is 21.0. The minimum absolute atomic E-state index is 0.0707. The fraction of sp³-hybridized carbons (Fsp3) is 0.130. The Balaban J connectivity index is 1.35. The van der Waals surface area contributed by atoms with Crippen LogP contribution in [-0.2, 0) is 13.1 Å². The van der Waals surface area contributed by atoms with Gasteiger partial charge in [-0.1, -0.05) is 12.1 Å². The molecule has 4 aromatic rings. The van der Waals surface area contributed by atoms with Gasteiger partial charge in [0, 0.05) is 47.4 Å². The predicted octanol–water partition coefficient (Wildman–Crippen LogP) is 3.56. The molecule has 162 valence electrons. The van der Waals surface area contributed by atoms with Crippen LogP contribution in [0.25, 0.3) is 11.4 Å². The maximum atomic E-state index is 14.1. The highest BCUT2D eigenvalue weighted by molar-refractivity contribution is 5.95. The Bertz CT molecular complexity index is 1210. The van der Waals surface area contributed by atoms with E-state index in [1.54, 1.807) is 42.7 Å². The van der Waals surface area contributed by atoms with E-state index in [9.17, 15) is 9.18 Å². The number of hydrogen-bond acceptors (Lipinski definition) is 6. The van der Waals surface area contributed by atoms with E-state index >= 15 is 0 Å². The van der Waals surface area contributed by atoms with Crippen molar-refractivity contribution in [3.05, 3.63) is 89.8 Å². The molecule has 32 heavy (non-hydrogen) atoms. The molecule has 0 spiro atoms. The van der Waals surface area contributed by atoms with E-state index in [4.69, 9.17) is 4.74 Å². The third-order valence-corrected chi connectivity index (χ3v) is 4.76. The molecule has 2 aromatic heterocycles. The molecule has 0 aliphatic heterocycles. The summed E-state index contributed by atoms with van der Waals surface area (Å²) in [6.45, 7) is 0.449. The monoisotopic (exact) mass is 432 g/mol. The first-order valence-electron chi connectivity index (χ1n) is 9.88. The highest BCUT2D eigenvalue weighted by Crippen LogP contribution is 2.17. The zero-order chi connectivity index (χ0) is 22.3. The molecule has 1 amide bonds. The van der Waals surface area contributed by atoms with Crippen molar-refractivity contribution in [3.8, 4) is 17.1 Å². The van der Waals surface area contributed by atoms with E-state index in [1.165, 1.54) is 13.2 Å². The number of carbonyl (C=O) groups is 1. The van der Waals surface area contributed by atoms with Crippen LogP contribution in [0.3, 0.4) is 0 Å². The Labute approximate surface area is 183 Å². The number of amides is 1. The number of rotatable bonds is 8. The second-order valence-corrected chi connectivity index (χ2v) is 6.91. The number of carbonyl (C=O) groups excluding carboxylic acids is 1. The lowest BCUT2D eigenvalue weighted by atomic mass is 10.1. The first-order chi connectivity index (χ1) is 15.6. The number of hydrogen-bond donors (Lipinski definition) is 3. The van der Waals surface area contributed by atoms with Crippen LogP contribution < -0.4 is 15.4 Å². The van der Waals surface area contributed by atoms with Gasteiger partial charge in [0.25, 0.3) is 5.91 Å². The molecule has 0 aliphatic carbocycles. The van der Waals surface area contributed by atoms with Gasteiger partial charge in [0.15, 0.2) is 11.6 Å². The van der Waals surface area contributed by atoms with Crippen LogP contribution in [0.5, 0.6) is 5.75 Å². The van der Waals surface area contributed by atoms with Gasteiger partial charge in [0.2, 0.25) is 0 Å². The first kappa shape index (κ1) is 21.0. The summed E-state index contributed by atoms with van der Waals surface area (Å²) in [7, 11) is 1.47. The van der Waals surface area contributed by atoms with Gasteiger partial charge in [-0.25, -0.2) is 9.37 Å². The van der Waals surface area contributed by atoms with Gasteiger partial charge < -0.3 is 15.4 Å². The lowest BCUT2D eigenvalue weighted by Gasteiger charge is -2.09. The van der Waals surface area contributed by atoms with Crippen LogP contribution in [0, 0.1) is 5.82 Å². The number of halogens is 1. The molecule has 3 N–H and O–H groups in total. The zero-order valence-corrected chi connectivity index (χ0v) is 17.3. The Hall–Kier alpha value is -4.27. The largest absolute Gasteiger partial charge is 0.497 e. The molecule has 0 fully saturated rings. The van der Waals surface area contributed by atoms with Crippen LogP contribution >= 0.6 is 0 Å². The Morgan fingerprint density at radius 1 is 1.09 bits per heavy atom. The summed E-state index contributed by atoms with van der Waals surface area (Å²) in [5, 5.41) is 13.0. The van der Waals surface area contributed by atoms with Crippen molar-refractivity contribution in [3.63, 3.8) is 0 Å². The number of ether oxygens (including phenoxy) is 1. The van der Waals surface area contributed by atoms with Crippen molar-refractivity contribution in [1.82, 2.24) is 25.5 Å². The van der Waals surface area contributed by atoms with E-state index in [-0.39, 0.29) is 12.5 Å². The number of methoxy groups -OCH3 is 1. The van der Waals surface area contributed by atoms with Gasteiger partial charge in [0.05, 0.1) is 13.7 Å². The molecule has 0 saturated carbocycles. The summed E-state index contributed by atoms with van der Waals surface area (Å²) in [6, 6.07) is 15.2. The molecule has 8 nitrogen and oxygen atoms in total. The zero-order valence-electron chi connectivity index (χ0n) is 17.3. The van der Waals surface area contributed by atoms with Gasteiger partial charge in [-0.15, -0.1) is 0 Å². The molecular formula is C23H21FN6O2. The van der Waals surface area contributed by atoms with Gasteiger partial charge in [-0.05, 0) is 36.4 Å². The SMILES string of the molecule is COc1ccc(CNC(=O)c2cccc(NCc3n[nH]c(-c4ccncc4)n3)c2)c(F)c1. The minimum Gasteiger partial charge on any atom is -0.497 e. The number of aromatic amines is 1. The minimum atomic E-state index is -0.433. The molecule has 0 atom stereocenters. The van der Waals surface area contributed by atoms with Crippen LogP contribution in [-0.4, -0.2) is 33.2 Å². The van der Waals surface area contributed by atoms with Crippen LogP contribution in [0.4, 0.5) is 10.1 Å². The maximum absolute atomic E-state index is 14.1. The van der Waals surface area contributed by atoms with Crippen molar-refractivity contribution in [2.45, 2.75) is 13.1 Å². The summed E-state index contributed by atoms with van der Waals surface area (Å²) in [6.07, 6.45) is 3.38. The number of H-pyrrole nitrogens is 1. The summed E-state index contributed by atoms with van der Waals surface area (Å²) < 4.78 is 19.1. The average molecular weight is 432 g/mol. The number of anilines is 1. The summed E-state index contributed by atoms with van der Waals surface area (Å²) >= 11 is 0. The Morgan fingerprint density at radius 3 is 2.72 bits per heavy atom. The van der Waals surface area contributed by atoms with E-state index in [0.29, 0.717) is 35.1 Å². The van der Waals surface area contributed by atoms with E-state index in [1.807, 2.05) is 18.2 Å². The fourth-order valence-electron chi connectivity index (χ4n) is 3.04. The molecular weight excluding hydrogens is 411 g/mol. The molecule has 4 rings (SSSR count). The maximum Gasteiger partial charge on any atom is 0.251 e. The predicted molar refractivity (Wildman–Crippen MR) is 118 cm³/mol. The Kier molecular flexibility index (Phi) is 6.35. The molecule has 0 radical (unpaired) electrons. The molecule has 9 heteroatoms. The molecule has 2 aromatic carbocycles. The topological polar surface area (TPSA) is 105 Å². The van der Waals surface area contributed by atoms with E-state index in [0.717, 1.165) is 11.3 Å². The number of nitrogens with one attached hydrogen (secondary N) is 3. The third-order valence-electron chi connectivity index (χ3n) is 4.76. The quantitative estimate of drug-likeness (QED) is 0.393.